The Labute approximate surface area is 187 Å². The number of carbonyl (C=O) groups excluding carboxylic acids is 3. The van der Waals surface area contributed by atoms with Gasteiger partial charge in [-0.1, -0.05) is 51.8 Å². The largest absolute Gasteiger partial charge is 0.422 e. The van der Waals surface area contributed by atoms with Crippen LogP contribution in [-0.4, -0.2) is 24.0 Å². The Kier molecular flexibility index (Phi) is 7.29. The number of hydrogen-bond donors (Lipinski definition) is 2. The molecule has 0 atom stereocenters. The van der Waals surface area contributed by atoms with Gasteiger partial charge in [-0.3, -0.25) is 9.59 Å². The lowest BCUT2D eigenvalue weighted by molar-refractivity contribution is -0.136. The molecule has 3 aromatic carbocycles. The number of esters is 1. The van der Waals surface area contributed by atoms with Crippen LogP contribution in [-0.2, 0) is 9.59 Å². The highest BCUT2D eigenvalue weighted by Crippen LogP contribution is 2.23. The summed E-state index contributed by atoms with van der Waals surface area (Å²) in [6.45, 7) is 1.92. The van der Waals surface area contributed by atoms with E-state index in [-0.39, 0.29) is 5.75 Å². The molecule has 2 amide bonds. The molecule has 8 heteroatoms. The molecule has 0 aliphatic carbocycles. The van der Waals surface area contributed by atoms with E-state index in [2.05, 4.69) is 31.8 Å². The average molecular weight is 480 g/mol. The summed E-state index contributed by atoms with van der Waals surface area (Å²) in [4.78, 5) is 36.3. The lowest BCUT2D eigenvalue weighted by Gasteiger charge is -2.08. The van der Waals surface area contributed by atoms with Gasteiger partial charge >= 0.3 is 17.8 Å². The first kappa shape index (κ1) is 21.9. The zero-order valence-corrected chi connectivity index (χ0v) is 18.0. The number of halogens is 1. The fraction of sp³-hybridized carbons (Fsp3) is 0.0435. The number of carbonyl (C=O) groups is 3. The van der Waals surface area contributed by atoms with E-state index in [4.69, 9.17) is 4.74 Å². The lowest BCUT2D eigenvalue weighted by atomic mass is 10.2. The molecule has 0 heterocycles. The van der Waals surface area contributed by atoms with Crippen LogP contribution in [0, 0.1) is 6.92 Å². The Bertz CT molecular complexity index is 1130. The summed E-state index contributed by atoms with van der Waals surface area (Å²) in [6.07, 6.45) is 1.29. The molecule has 0 aliphatic heterocycles. The van der Waals surface area contributed by atoms with Gasteiger partial charge in [-0.05, 0) is 49.4 Å². The number of amides is 2. The minimum atomic E-state index is -0.936. The van der Waals surface area contributed by atoms with E-state index >= 15 is 0 Å². The average Bonchev–Trinajstić information content (AvgIpc) is 2.77. The summed E-state index contributed by atoms with van der Waals surface area (Å²) in [5.41, 5.74) is 4.51. The molecule has 31 heavy (non-hydrogen) atoms. The molecule has 0 fully saturated rings. The lowest BCUT2D eigenvalue weighted by Crippen LogP contribution is -2.32. The number of anilines is 1. The molecular formula is C23H18BrN3O4. The molecule has 0 saturated heterocycles. The van der Waals surface area contributed by atoms with Crippen LogP contribution in [0.4, 0.5) is 5.69 Å². The molecule has 0 unspecified atom stereocenters. The summed E-state index contributed by atoms with van der Waals surface area (Å²) in [6, 6.07) is 20.5. The zero-order chi connectivity index (χ0) is 22.2. The third-order valence-electron chi connectivity index (χ3n) is 4.07. The van der Waals surface area contributed by atoms with Crippen molar-refractivity contribution in [3.8, 4) is 5.75 Å². The molecule has 156 valence electrons. The van der Waals surface area contributed by atoms with E-state index in [1.807, 2.05) is 19.1 Å². The Balaban J connectivity index is 1.65. The summed E-state index contributed by atoms with van der Waals surface area (Å²) in [5, 5.41) is 6.28. The molecule has 0 bridgehead atoms. The number of benzene rings is 3. The predicted molar refractivity (Wildman–Crippen MR) is 121 cm³/mol. The highest BCUT2D eigenvalue weighted by atomic mass is 79.9. The van der Waals surface area contributed by atoms with Gasteiger partial charge in [0.1, 0.15) is 5.75 Å². The number of hydrogen-bond acceptors (Lipinski definition) is 5. The third-order valence-corrected chi connectivity index (χ3v) is 4.56. The van der Waals surface area contributed by atoms with Crippen LogP contribution in [0.2, 0.25) is 0 Å². The normalized spacial score (nSPS) is 10.5. The number of rotatable bonds is 5. The highest BCUT2D eigenvalue weighted by molar-refractivity contribution is 9.10. The number of nitrogens with one attached hydrogen (secondary N) is 2. The van der Waals surface area contributed by atoms with E-state index in [0.29, 0.717) is 16.8 Å². The van der Waals surface area contributed by atoms with Gasteiger partial charge < -0.3 is 10.1 Å². The van der Waals surface area contributed by atoms with Crippen molar-refractivity contribution in [1.82, 2.24) is 5.43 Å². The van der Waals surface area contributed by atoms with Gasteiger partial charge in [0, 0.05) is 15.7 Å². The summed E-state index contributed by atoms with van der Waals surface area (Å²) in [7, 11) is 0. The van der Waals surface area contributed by atoms with Gasteiger partial charge in [-0.25, -0.2) is 10.2 Å². The second-order valence-electron chi connectivity index (χ2n) is 6.46. The van der Waals surface area contributed by atoms with Crippen molar-refractivity contribution in [2.24, 2.45) is 5.10 Å². The highest BCUT2D eigenvalue weighted by Gasteiger charge is 2.14. The van der Waals surface area contributed by atoms with Crippen molar-refractivity contribution < 1.29 is 19.1 Å². The van der Waals surface area contributed by atoms with Crippen molar-refractivity contribution in [3.63, 3.8) is 0 Å². The van der Waals surface area contributed by atoms with Crippen LogP contribution < -0.4 is 15.5 Å². The van der Waals surface area contributed by atoms with Crippen molar-refractivity contribution in [3.05, 3.63) is 94.0 Å². The Morgan fingerprint density at radius 2 is 1.65 bits per heavy atom. The first-order valence-corrected chi connectivity index (χ1v) is 9.99. The first-order valence-electron chi connectivity index (χ1n) is 9.20. The van der Waals surface area contributed by atoms with Crippen molar-refractivity contribution in [2.75, 3.05) is 5.32 Å². The van der Waals surface area contributed by atoms with Crippen LogP contribution in [0.15, 0.2) is 82.4 Å². The van der Waals surface area contributed by atoms with Crippen LogP contribution in [0.25, 0.3) is 0 Å². The van der Waals surface area contributed by atoms with Gasteiger partial charge in [-0.2, -0.15) is 5.10 Å². The topological polar surface area (TPSA) is 96.9 Å². The van der Waals surface area contributed by atoms with E-state index in [1.165, 1.54) is 6.21 Å². The Morgan fingerprint density at radius 1 is 0.935 bits per heavy atom. The van der Waals surface area contributed by atoms with Gasteiger partial charge in [0.15, 0.2) is 0 Å². The summed E-state index contributed by atoms with van der Waals surface area (Å²) >= 11 is 3.34. The molecule has 3 rings (SSSR count). The maximum Gasteiger partial charge on any atom is 0.343 e. The second kappa shape index (κ2) is 10.3. The quantitative estimate of drug-likeness (QED) is 0.189. The standard InChI is InChI=1S/C23H18BrN3O4/c1-15-7-10-19(11-8-15)26-21(28)22(29)27-25-14-17-13-18(24)9-12-20(17)31-23(30)16-5-3-2-4-6-16/h2-14H,1H3,(H,26,28)(H,27,29)/b25-14+. The molecule has 7 nitrogen and oxygen atoms in total. The monoisotopic (exact) mass is 479 g/mol. The minimum Gasteiger partial charge on any atom is -0.422 e. The maximum absolute atomic E-state index is 12.3. The summed E-state index contributed by atoms with van der Waals surface area (Å²) in [5.74, 6) is -2.07. The SMILES string of the molecule is Cc1ccc(NC(=O)C(=O)N/N=C/c2cc(Br)ccc2OC(=O)c2ccccc2)cc1. The molecule has 0 saturated carbocycles. The van der Waals surface area contributed by atoms with Crippen molar-refractivity contribution >= 4 is 45.6 Å². The fourth-order valence-electron chi connectivity index (χ4n) is 2.48. The van der Waals surface area contributed by atoms with E-state index < -0.39 is 17.8 Å². The molecule has 0 radical (unpaired) electrons. The Hall–Kier alpha value is -3.78. The number of nitrogens with zero attached hydrogens (tertiary/aromatic N) is 1. The van der Waals surface area contributed by atoms with E-state index in [9.17, 15) is 14.4 Å². The van der Waals surface area contributed by atoms with Crippen LogP contribution in [0.5, 0.6) is 5.75 Å². The molecular weight excluding hydrogens is 462 g/mol. The van der Waals surface area contributed by atoms with Crippen LogP contribution in [0.1, 0.15) is 21.5 Å². The second-order valence-corrected chi connectivity index (χ2v) is 7.37. The van der Waals surface area contributed by atoms with Crippen molar-refractivity contribution in [2.45, 2.75) is 6.92 Å². The van der Waals surface area contributed by atoms with Gasteiger partial charge in [0.2, 0.25) is 0 Å². The first-order chi connectivity index (χ1) is 14.9. The maximum atomic E-state index is 12.3. The van der Waals surface area contributed by atoms with Crippen LogP contribution in [0.3, 0.4) is 0 Å². The molecule has 0 spiro atoms. The van der Waals surface area contributed by atoms with Gasteiger partial charge in [0.25, 0.3) is 0 Å². The van der Waals surface area contributed by atoms with E-state index in [1.54, 1.807) is 60.7 Å². The van der Waals surface area contributed by atoms with Crippen LogP contribution >= 0.6 is 15.9 Å². The predicted octanol–water partition coefficient (Wildman–Crippen LogP) is 4.07. The molecule has 0 aromatic heterocycles. The number of ether oxygens (including phenoxy) is 1. The fourth-order valence-corrected chi connectivity index (χ4v) is 2.86. The molecule has 2 N–H and O–H groups in total. The number of aryl methyl sites for hydroxylation is 1. The molecule has 0 aliphatic rings. The third kappa shape index (κ3) is 6.35. The molecule has 3 aromatic rings. The Morgan fingerprint density at radius 3 is 2.35 bits per heavy atom. The summed E-state index contributed by atoms with van der Waals surface area (Å²) < 4.78 is 6.16. The minimum absolute atomic E-state index is 0.249. The van der Waals surface area contributed by atoms with Gasteiger partial charge in [0.05, 0.1) is 11.8 Å². The van der Waals surface area contributed by atoms with Gasteiger partial charge in [-0.15, -0.1) is 0 Å². The number of hydrazone groups is 1. The van der Waals surface area contributed by atoms with E-state index in [0.717, 1.165) is 10.0 Å². The smallest absolute Gasteiger partial charge is 0.343 e. The zero-order valence-electron chi connectivity index (χ0n) is 16.5. The van der Waals surface area contributed by atoms with Crippen molar-refractivity contribution in [1.29, 1.82) is 0 Å².